The Kier molecular flexibility index (Phi) is 11.7. The summed E-state index contributed by atoms with van der Waals surface area (Å²) in [4.78, 5) is 93.6. The van der Waals surface area contributed by atoms with Gasteiger partial charge in [-0.2, -0.15) is 0 Å². The number of nitrogens with two attached hydrogens (primary N) is 1. The number of aromatic nitrogens is 1. The van der Waals surface area contributed by atoms with Crippen LogP contribution in [-0.2, 0) is 19.2 Å². The number of rotatable bonds is 15. The minimum Gasteiger partial charge on any atom is -0.485 e. The molecular weight excluding hydrogens is 729 g/mol. The fourth-order valence-corrected chi connectivity index (χ4v) is 7.95. The molecule has 294 valence electrons. The summed E-state index contributed by atoms with van der Waals surface area (Å²) in [5, 5.41) is 9.41. The van der Waals surface area contributed by atoms with Gasteiger partial charge in [-0.3, -0.25) is 48.8 Å². The number of amides is 6. The third kappa shape index (κ3) is 8.54. The first-order chi connectivity index (χ1) is 27.6. The molecule has 7 rings (SSSR count). The van der Waals surface area contributed by atoms with Gasteiger partial charge in [0.05, 0.1) is 27.9 Å². The van der Waals surface area contributed by atoms with Crippen molar-refractivity contribution in [2.24, 2.45) is 11.7 Å². The van der Waals surface area contributed by atoms with Crippen molar-refractivity contribution in [1.29, 1.82) is 0 Å². The van der Waals surface area contributed by atoms with Gasteiger partial charge in [0.15, 0.2) is 5.78 Å². The Morgan fingerprint density at radius 1 is 0.877 bits per heavy atom. The quantitative estimate of drug-likeness (QED) is 0.0931. The van der Waals surface area contributed by atoms with Crippen LogP contribution in [0, 0.1) is 5.92 Å². The average Bonchev–Trinajstić information content (AvgIpc) is 3.47. The Morgan fingerprint density at radius 3 is 2.42 bits per heavy atom. The monoisotopic (exact) mass is 772 g/mol. The van der Waals surface area contributed by atoms with E-state index in [-0.39, 0.29) is 66.3 Å². The smallest absolute Gasteiger partial charge is 0.266 e. The van der Waals surface area contributed by atoms with Gasteiger partial charge in [0.2, 0.25) is 17.7 Å². The van der Waals surface area contributed by atoms with Crippen LogP contribution in [0.15, 0.2) is 72.9 Å². The van der Waals surface area contributed by atoms with Gasteiger partial charge in [-0.25, -0.2) is 0 Å². The van der Waals surface area contributed by atoms with Crippen LogP contribution in [-0.4, -0.2) is 70.3 Å². The number of imide groups is 2. The molecule has 3 aliphatic rings. The summed E-state index contributed by atoms with van der Waals surface area (Å²) in [5.41, 5.74) is 9.46. The van der Waals surface area contributed by atoms with E-state index in [1.165, 1.54) is 18.3 Å². The molecule has 6 amide bonds. The van der Waals surface area contributed by atoms with E-state index in [0.717, 1.165) is 59.2 Å². The molecule has 1 aromatic heterocycles. The van der Waals surface area contributed by atoms with Crippen molar-refractivity contribution in [3.8, 4) is 5.75 Å². The topological polar surface area (TPSA) is 207 Å². The first-order valence-electron chi connectivity index (χ1n) is 19.4. The predicted molar refractivity (Wildman–Crippen MR) is 210 cm³/mol. The number of piperidine rings is 1. The molecule has 2 aliphatic heterocycles. The number of nitrogens with zero attached hydrogens (tertiary/aromatic N) is 2. The summed E-state index contributed by atoms with van der Waals surface area (Å²) in [7, 11) is 0. The number of benzene rings is 3. The molecule has 1 unspecified atom stereocenters. The molecule has 14 nitrogen and oxygen atoms in total. The predicted octanol–water partition coefficient (Wildman–Crippen LogP) is 5.08. The average molecular weight is 773 g/mol. The number of Topliss-reactive ketones (excluding diaryl/α,β-unsaturated/α-hetero) is 1. The molecule has 3 heterocycles. The van der Waals surface area contributed by atoms with Crippen LogP contribution < -0.4 is 26.4 Å². The Bertz CT molecular complexity index is 2250. The van der Waals surface area contributed by atoms with E-state index in [2.05, 4.69) is 33.1 Å². The van der Waals surface area contributed by atoms with E-state index >= 15 is 0 Å². The van der Waals surface area contributed by atoms with Gasteiger partial charge < -0.3 is 21.1 Å². The Hall–Kier alpha value is -6.44. The largest absolute Gasteiger partial charge is 0.485 e. The number of ketones is 1. The maximum Gasteiger partial charge on any atom is 0.266 e. The highest BCUT2D eigenvalue weighted by Gasteiger charge is 2.46. The number of fused-ring (bicyclic) bond motifs is 2. The van der Waals surface area contributed by atoms with Gasteiger partial charge >= 0.3 is 0 Å². The molecule has 1 atom stereocenters. The number of nitrogens with one attached hydrogen (secondary N) is 3. The molecule has 4 aromatic rings. The molecule has 1 aliphatic carbocycles. The normalized spacial score (nSPS) is 19.2. The van der Waals surface area contributed by atoms with Crippen LogP contribution >= 0.6 is 0 Å². The minimum atomic E-state index is -1.09. The van der Waals surface area contributed by atoms with Gasteiger partial charge in [0, 0.05) is 42.6 Å². The SMILES string of the molecule is NC(=O)c1cnc2ccc(C3CCC(C(=O)NCCCCCC(=O)COc4cccc5c4C(=O)N(C4CCC(=O)NC4=O)C5=O)CC3)cc2c1Nc1ccccc1. The Labute approximate surface area is 328 Å². The molecule has 1 saturated heterocycles. The fraction of sp³-hybridized carbons (Fsp3) is 0.349. The Balaban J connectivity index is 0.832. The molecule has 0 spiro atoms. The van der Waals surface area contributed by atoms with Crippen LogP contribution in [0.1, 0.15) is 107 Å². The maximum absolute atomic E-state index is 13.2. The number of carbonyl (C=O) groups excluding carboxylic acids is 7. The molecule has 3 aromatic carbocycles. The van der Waals surface area contributed by atoms with Crippen LogP contribution in [0.4, 0.5) is 11.4 Å². The molecule has 0 bridgehead atoms. The number of anilines is 2. The highest BCUT2D eigenvalue weighted by molar-refractivity contribution is 6.24. The summed E-state index contributed by atoms with van der Waals surface area (Å²) in [6.45, 7) is 0.225. The molecule has 2 fully saturated rings. The van der Waals surface area contributed by atoms with Crippen molar-refractivity contribution in [2.45, 2.75) is 76.2 Å². The third-order valence-electron chi connectivity index (χ3n) is 11.0. The summed E-state index contributed by atoms with van der Waals surface area (Å²) in [5.74, 6) is -2.91. The minimum absolute atomic E-state index is 0.00121. The third-order valence-corrected chi connectivity index (χ3v) is 11.0. The number of hydrogen-bond donors (Lipinski definition) is 4. The zero-order valence-corrected chi connectivity index (χ0v) is 31.4. The van der Waals surface area contributed by atoms with Crippen LogP contribution in [0.2, 0.25) is 0 Å². The van der Waals surface area contributed by atoms with E-state index in [4.69, 9.17) is 10.5 Å². The lowest BCUT2D eigenvalue weighted by Gasteiger charge is -2.28. The van der Waals surface area contributed by atoms with Crippen LogP contribution in [0.3, 0.4) is 0 Å². The van der Waals surface area contributed by atoms with Gasteiger partial charge in [0.1, 0.15) is 18.4 Å². The van der Waals surface area contributed by atoms with E-state index in [1.54, 1.807) is 6.07 Å². The molecule has 1 saturated carbocycles. The lowest BCUT2D eigenvalue weighted by Crippen LogP contribution is -2.54. The van der Waals surface area contributed by atoms with E-state index < -0.39 is 35.6 Å². The van der Waals surface area contributed by atoms with Crippen LogP contribution in [0.25, 0.3) is 10.9 Å². The number of para-hydroxylation sites is 1. The number of carbonyl (C=O) groups is 7. The second-order valence-electron chi connectivity index (χ2n) is 14.8. The van der Waals surface area contributed by atoms with E-state index in [9.17, 15) is 33.6 Å². The van der Waals surface area contributed by atoms with Crippen molar-refractivity contribution < 1.29 is 38.3 Å². The van der Waals surface area contributed by atoms with Crippen molar-refractivity contribution in [2.75, 3.05) is 18.5 Å². The van der Waals surface area contributed by atoms with Gasteiger partial charge in [-0.1, -0.05) is 36.8 Å². The number of unbranched alkanes of at least 4 members (excludes halogenated alkanes) is 2. The second kappa shape index (κ2) is 17.1. The van der Waals surface area contributed by atoms with E-state index in [1.807, 2.05) is 36.4 Å². The molecule has 14 heteroatoms. The molecule has 5 N–H and O–H groups in total. The number of ether oxygens (including phenoxy) is 1. The van der Waals surface area contributed by atoms with Crippen molar-refractivity contribution in [3.63, 3.8) is 0 Å². The number of primary amides is 1. The standard InChI is InChI=1S/C43H44N6O8/c44-39(52)32-23-46-33-18-17-27(22-31(33)38(32)47-28-8-3-1-4-9-28)25-13-15-26(16-14-25)40(53)45-21-6-2-5-10-29(50)24-57-35-12-7-11-30-37(35)43(56)49(42(30)55)34-19-20-36(51)48-41(34)54/h1,3-4,7-9,11-12,17-18,22-23,25-26,34H,2,5-6,10,13-16,19-21,24H2,(H2,44,52)(H,45,53)(H,46,47)(H,48,51,54). The lowest BCUT2D eigenvalue weighted by atomic mass is 9.78. The highest BCUT2D eigenvalue weighted by Crippen LogP contribution is 2.39. The first-order valence-corrected chi connectivity index (χ1v) is 19.4. The van der Waals surface area contributed by atoms with E-state index in [0.29, 0.717) is 30.6 Å². The van der Waals surface area contributed by atoms with Crippen molar-refractivity contribution in [1.82, 2.24) is 20.5 Å². The van der Waals surface area contributed by atoms with Gasteiger partial charge in [0.25, 0.3) is 17.7 Å². The fourth-order valence-electron chi connectivity index (χ4n) is 7.95. The molecular formula is C43H44N6O8. The molecule has 57 heavy (non-hydrogen) atoms. The zero-order valence-electron chi connectivity index (χ0n) is 31.4. The summed E-state index contributed by atoms with van der Waals surface area (Å²) in [6, 6.07) is 19.1. The summed E-state index contributed by atoms with van der Waals surface area (Å²) < 4.78 is 5.70. The van der Waals surface area contributed by atoms with Gasteiger partial charge in [-0.05, 0) is 92.8 Å². The Morgan fingerprint density at radius 2 is 1.67 bits per heavy atom. The van der Waals surface area contributed by atoms with Gasteiger partial charge in [-0.15, -0.1) is 0 Å². The zero-order chi connectivity index (χ0) is 40.1. The summed E-state index contributed by atoms with van der Waals surface area (Å²) in [6.07, 6.45) is 7.08. The maximum atomic E-state index is 13.2. The van der Waals surface area contributed by atoms with Crippen molar-refractivity contribution in [3.05, 3.63) is 95.2 Å². The molecule has 0 radical (unpaired) electrons. The highest BCUT2D eigenvalue weighted by atomic mass is 16.5. The van der Waals surface area contributed by atoms with Crippen molar-refractivity contribution >= 4 is 63.5 Å². The number of hydrogen-bond acceptors (Lipinski definition) is 10. The van der Waals surface area contributed by atoms with Crippen LogP contribution in [0.5, 0.6) is 5.75 Å². The first kappa shape index (κ1) is 38.8. The number of pyridine rings is 1. The second-order valence-corrected chi connectivity index (χ2v) is 14.8. The summed E-state index contributed by atoms with van der Waals surface area (Å²) >= 11 is 0. The lowest BCUT2D eigenvalue weighted by molar-refractivity contribution is -0.136.